The molecule has 1 saturated carbocycles. The minimum Gasteiger partial charge on any atom is -0.371 e. The van der Waals surface area contributed by atoms with Gasteiger partial charge in [0.2, 0.25) is 0 Å². The maximum Gasteiger partial charge on any atom is 0.0707 e. The largest absolute Gasteiger partial charge is 0.371 e. The summed E-state index contributed by atoms with van der Waals surface area (Å²) in [5.41, 5.74) is 0.123. The molecule has 0 aromatic carbocycles. The van der Waals surface area contributed by atoms with Crippen molar-refractivity contribution >= 4 is 0 Å². The topological polar surface area (TPSA) is 21.3 Å². The van der Waals surface area contributed by atoms with E-state index in [-0.39, 0.29) is 5.60 Å². The lowest BCUT2D eigenvalue weighted by Gasteiger charge is -2.35. The maximum absolute atomic E-state index is 5.94. The lowest BCUT2D eigenvalue weighted by Crippen LogP contribution is -2.45. The Kier molecular flexibility index (Phi) is 2.85. The monoisotopic (exact) mass is 197 g/mol. The average molecular weight is 197 g/mol. The van der Waals surface area contributed by atoms with Gasteiger partial charge in [-0.2, -0.15) is 0 Å². The van der Waals surface area contributed by atoms with E-state index in [9.17, 15) is 0 Å². The van der Waals surface area contributed by atoms with Crippen LogP contribution in [0.4, 0.5) is 0 Å². The summed E-state index contributed by atoms with van der Waals surface area (Å²) in [6.45, 7) is 7.77. The van der Waals surface area contributed by atoms with E-state index in [0.717, 1.165) is 18.5 Å². The molecular formula is C12H23NO. The normalized spacial score (nSPS) is 40.9. The van der Waals surface area contributed by atoms with Crippen molar-refractivity contribution in [3.8, 4) is 0 Å². The van der Waals surface area contributed by atoms with Crippen LogP contribution in [0.2, 0.25) is 0 Å². The average Bonchev–Trinajstić information content (AvgIpc) is 2.43. The first-order valence-electron chi connectivity index (χ1n) is 5.98. The van der Waals surface area contributed by atoms with Gasteiger partial charge >= 0.3 is 0 Å². The Balaban J connectivity index is 1.67. The molecule has 0 radical (unpaired) electrons. The molecule has 2 fully saturated rings. The summed E-state index contributed by atoms with van der Waals surface area (Å²) < 4.78 is 5.94. The second kappa shape index (κ2) is 3.82. The molecule has 3 unspecified atom stereocenters. The van der Waals surface area contributed by atoms with Crippen LogP contribution >= 0.6 is 0 Å². The highest BCUT2D eigenvalue weighted by Crippen LogP contribution is 2.30. The molecule has 0 aromatic heterocycles. The predicted octanol–water partition coefficient (Wildman–Crippen LogP) is 2.33. The molecule has 2 nitrogen and oxygen atoms in total. The van der Waals surface area contributed by atoms with Crippen molar-refractivity contribution in [1.29, 1.82) is 0 Å². The molecule has 0 aromatic rings. The van der Waals surface area contributed by atoms with Gasteiger partial charge in [0, 0.05) is 12.6 Å². The van der Waals surface area contributed by atoms with Gasteiger partial charge in [0.15, 0.2) is 0 Å². The van der Waals surface area contributed by atoms with Crippen LogP contribution in [0.1, 0.15) is 46.5 Å². The number of nitrogens with one attached hydrogen (secondary N) is 1. The Morgan fingerprint density at radius 1 is 1.29 bits per heavy atom. The van der Waals surface area contributed by atoms with Crippen LogP contribution in [-0.4, -0.2) is 24.3 Å². The highest BCUT2D eigenvalue weighted by molar-refractivity contribution is 4.87. The van der Waals surface area contributed by atoms with Crippen LogP contribution in [0.15, 0.2) is 0 Å². The smallest absolute Gasteiger partial charge is 0.0707 e. The molecule has 82 valence electrons. The van der Waals surface area contributed by atoms with Crippen molar-refractivity contribution in [3.05, 3.63) is 0 Å². The quantitative estimate of drug-likeness (QED) is 0.750. The Morgan fingerprint density at radius 3 is 2.50 bits per heavy atom. The summed E-state index contributed by atoms with van der Waals surface area (Å²) in [6, 6.07) is 0.766. The van der Waals surface area contributed by atoms with Gasteiger partial charge in [0.1, 0.15) is 0 Å². The zero-order valence-electron chi connectivity index (χ0n) is 9.68. The molecule has 1 N–H and O–H groups in total. The van der Waals surface area contributed by atoms with Crippen LogP contribution in [0, 0.1) is 5.92 Å². The molecule has 0 spiro atoms. The van der Waals surface area contributed by atoms with Gasteiger partial charge in [-0.3, -0.25) is 0 Å². The van der Waals surface area contributed by atoms with Gasteiger partial charge in [-0.25, -0.2) is 0 Å². The number of rotatable bonds is 3. The minimum atomic E-state index is 0.123. The highest BCUT2D eigenvalue weighted by Gasteiger charge is 2.33. The Morgan fingerprint density at radius 2 is 2.07 bits per heavy atom. The Bertz CT molecular complexity index is 202. The summed E-state index contributed by atoms with van der Waals surface area (Å²) in [5.74, 6) is 0.879. The van der Waals surface area contributed by atoms with Gasteiger partial charge in [-0.05, 0) is 45.4 Å². The lowest BCUT2D eigenvalue weighted by atomic mass is 9.81. The van der Waals surface area contributed by atoms with Crippen LogP contribution in [0.25, 0.3) is 0 Å². The van der Waals surface area contributed by atoms with E-state index in [0.29, 0.717) is 6.10 Å². The summed E-state index contributed by atoms with van der Waals surface area (Å²) in [4.78, 5) is 0. The van der Waals surface area contributed by atoms with E-state index < -0.39 is 0 Å². The lowest BCUT2D eigenvalue weighted by molar-refractivity contribution is -0.0171. The molecule has 1 saturated heterocycles. The predicted molar refractivity (Wildman–Crippen MR) is 58.4 cm³/mol. The molecule has 1 aliphatic heterocycles. The molecule has 14 heavy (non-hydrogen) atoms. The highest BCUT2D eigenvalue weighted by atomic mass is 16.5. The third-order valence-electron chi connectivity index (χ3n) is 3.78. The minimum absolute atomic E-state index is 0.123. The molecule has 1 heterocycles. The van der Waals surface area contributed by atoms with Gasteiger partial charge in [-0.1, -0.05) is 6.92 Å². The molecule has 0 bridgehead atoms. The van der Waals surface area contributed by atoms with Gasteiger partial charge in [-0.15, -0.1) is 0 Å². The first-order valence-corrected chi connectivity index (χ1v) is 5.98. The molecule has 1 aliphatic carbocycles. The van der Waals surface area contributed by atoms with E-state index in [2.05, 4.69) is 26.1 Å². The van der Waals surface area contributed by atoms with E-state index in [1.54, 1.807) is 0 Å². The van der Waals surface area contributed by atoms with Crippen molar-refractivity contribution in [2.24, 2.45) is 5.92 Å². The molecule has 2 aliphatic rings. The van der Waals surface area contributed by atoms with Crippen molar-refractivity contribution in [3.63, 3.8) is 0 Å². The third kappa shape index (κ3) is 2.29. The van der Waals surface area contributed by atoms with Crippen LogP contribution in [0.3, 0.4) is 0 Å². The molecule has 2 rings (SSSR count). The molecule has 3 atom stereocenters. The second-order valence-corrected chi connectivity index (χ2v) is 5.61. The number of hydrogen-bond acceptors (Lipinski definition) is 2. The van der Waals surface area contributed by atoms with Gasteiger partial charge < -0.3 is 10.1 Å². The third-order valence-corrected chi connectivity index (χ3v) is 3.78. The first kappa shape index (κ1) is 10.4. The van der Waals surface area contributed by atoms with Gasteiger partial charge in [0.05, 0.1) is 11.7 Å². The molecular weight excluding hydrogens is 174 g/mol. The summed E-state index contributed by atoms with van der Waals surface area (Å²) in [6.07, 6.45) is 5.64. The first-order chi connectivity index (χ1) is 6.57. The van der Waals surface area contributed by atoms with Crippen molar-refractivity contribution in [2.45, 2.75) is 64.2 Å². The van der Waals surface area contributed by atoms with Crippen LogP contribution in [-0.2, 0) is 4.74 Å². The fraction of sp³-hybridized carbons (Fsp3) is 1.00. The molecule has 0 amide bonds. The molecule has 2 heteroatoms. The number of hydrogen-bond donors (Lipinski definition) is 1. The van der Waals surface area contributed by atoms with E-state index >= 15 is 0 Å². The summed E-state index contributed by atoms with van der Waals surface area (Å²) in [5, 5.41) is 3.62. The fourth-order valence-corrected chi connectivity index (χ4v) is 2.47. The summed E-state index contributed by atoms with van der Waals surface area (Å²) >= 11 is 0. The van der Waals surface area contributed by atoms with Crippen molar-refractivity contribution in [2.75, 3.05) is 6.54 Å². The maximum atomic E-state index is 5.94. The van der Waals surface area contributed by atoms with Gasteiger partial charge in [0.25, 0.3) is 0 Å². The van der Waals surface area contributed by atoms with Crippen molar-refractivity contribution < 1.29 is 4.74 Å². The SMILES string of the molecule is CC1CCC1NCC1CCC(C)(C)O1. The van der Waals surface area contributed by atoms with Crippen molar-refractivity contribution in [1.82, 2.24) is 5.32 Å². The second-order valence-electron chi connectivity index (χ2n) is 5.61. The Labute approximate surface area is 87.4 Å². The fourth-order valence-electron chi connectivity index (χ4n) is 2.47. The van der Waals surface area contributed by atoms with E-state index in [1.165, 1.54) is 25.7 Å². The standard InChI is InChI=1S/C12H23NO/c1-9-4-5-11(9)13-8-10-6-7-12(2,3)14-10/h9-11,13H,4-8H2,1-3H3. The van der Waals surface area contributed by atoms with Crippen LogP contribution in [0.5, 0.6) is 0 Å². The zero-order valence-corrected chi connectivity index (χ0v) is 9.68. The number of ether oxygens (including phenoxy) is 1. The van der Waals surface area contributed by atoms with Crippen LogP contribution < -0.4 is 5.32 Å². The Hall–Kier alpha value is -0.0800. The summed E-state index contributed by atoms with van der Waals surface area (Å²) in [7, 11) is 0. The zero-order chi connectivity index (χ0) is 10.2. The van der Waals surface area contributed by atoms with E-state index in [1.807, 2.05) is 0 Å². The van der Waals surface area contributed by atoms with E-state index in [4.69, 9.17) is 4.74 Å².